The maximum absolute atomic E-state index is 12.3. The van der Waals surface area contributed by atoms with E-state index in [1.165, 1.54) is 15.6 Å². The lowest BCUT2D eigenvalue weighted by Gasteiger charge is -2.25. The van der Waals surface area contributed by atoms with Crippen LogP contribution in [0.25, 0.3) is 0 Å². The van der Waals surface area contributed by atoms with Crippen LogP contribution in [-0.2, 0) is 32.5 Å². The van der Waals surface area contributed by atoms with Crippen LogP contribution < -0.4 is 5.32 Å². The van der Waals surface area contributed by atoms with E-state index < -0.39 is 16.1 Å². The molecule has 1 aromatic rings. The van der Waals surface area contributed by atoms with Gasteiger partial charge in [0, 0.05) is 31.0 Å². The van der Waals surface area contributed by atoms with E-state index in [1.54, 1.807) is 0 Å². The van der Waals surface area contributed by atoms with Gasteiger partial charge in [-0.25, -0.2) is 13.4 Å². The molecule has 1 N–H and O–H groups in total. The monoisotopic (exact) mass is 373 g/mol. The van der Waals surface area contributed by atoms with Crippen LogP contribution >= 0.6 is 11.3 Å². The van der Waals surface area contributed by atoms with Gasteiger partial charge in [-0.05, 0) is 19.3 Å². The van der Waals surface area contributed by atoms with E-state index in [0.717, 1.165) is 29.8 Å². The average Bonchev–Trinajstić information content (AvgIpc) is 3.21. The van der Waals surface area contributed by atoms with Gasteiger partial charge in [-0.3, -0.25) is 10.1 Å². The molecule has 134 valence electrons. The van der Waals surface area contributed by atoms with Crippen LogP contribution in [0, 0.1) is 0 Å². The van der Waals surface area contributed by atoms with Gasteiger partial charge in [-0.2, -0.15) is 4.31 Å². The normalized spacial score (nSPS) is 21.6. The molecule has 1 fully saturated rings. The van der Waals surface area contributed by atoms with Crippen LogP contribution in [0.2, 0.25) is 0 Å². The minimum Gasteiger partial charge on any atom is -0.368 e. The number of hydrogen-bond donors (Lipinski definition) is 1. The highest BCUT2D eigenvalue weighted by Crippen LogP contribution is 2.30. The summed E-state index contributed by atoms with van der Waals surface area (Å²) in [4.78, 5) is 17.5. The van der Waals surface area contributed by atoms with E-state index in [-0.39, 0.29) is 11.7 Å². The summed E-state index contributed by atoms with van der Waals surface area (Å²) in [5, 5.41) is 3.34. The predicted octanol–water partition coefficient (Wildman–Crippen LogP) is 1.75. The van der Waals surface area contributed by atoms with Gasteiger partial charge in [0.2, 0.25) is 10.0 Å². The van der Waals surface area contributed by atoms with E-state index in [4.69, 9.17) is 4.74 Å². The Morgan fingerprint density at radius 1 is 1.50 bits per heavy atom. The molecule has 9 heteroatoms. The zero-order valence-electron chi connectivity index (χ0n) is 13.8. The Morgan fingerprint density at radius 2 is 2.33 bits per heavy atom. The fourth-order valence-electron chi connectivity index (χ4n) is 2.89. The van der Waals surface area contributed by atoms with Crippen molar-refractivity contribution in [3.63, 3.8) is 0 Å². The van der Waals surface area contributed by atoms with Gasteiger partial charge in [0.25, 0.3) is 5.91 Å². The summed E-state index contributed by atoms with van der Waals surface area (Å²) in [6, 6.07) is 0. The molecule has 2 aliphatic heterocycles. The number of anilines is 1. The van der Waals surface area contributed by atoms with Crippen LogP contribution in [-0.4, -0.2) is 48.6 Å². The maximum Gasteiger partial charge on any atom is 0.255 e. The van der Waals surface area contributed by atoms with Crippen LogP contribution in [0.3, 0.4) is 0 Å². The molecule has 24 heavy (non-hydrogen) atoms. The second-order valence-electron chi connectivity index (χ2n) is 6.13. The summed E-state index contributed by atoms with van der Waals surface area (Å²) < 4.78 is 31.6. The lowest BCUT2D eigenvalue weighted by atomic mass is 10.2. The molecule has 1 aromatic heterocycles. The number of amides is 1. The van der Waals surface area contributed by atoms with Crippen molar-refractivity contribution >= 4 is 32.4 Å². The molecule has 0 saturated carbocycles. The minimum absolute atomic E-state index is 0.161. The Morgan fingerprint density at radius 3 is 3.04 bits per heavy atom. The number of thiazole rings is 1. The first-order valence-electron chi connectivity index (χ1n) is 8.38. The molecule has 0 aromatic carbocycles. The zero-order valence-corrected chi connectivity index (χ0v) is 15.4. The largest absolute Gasteiger partial charge is 0.368 e. The number of fused-ring (bicyclic) bond motifs is 1. The molecule has 1 saturated heterocycles. The molecule has 2 aliphatic rings. The van der Waals surface area contributed by atoms with Crippen molar-refractivity contribution in [1.82, 2.24) is 9.29 Å². The molecule has 3 heterocycles. The molecule has 7 nitrogen and oxygen atoms in total. The van der Waals surface area contributed by atoms with E-state index in [0.29, 0.717) is 37.7 Å². The molecule has 1 amide bonds. The van der Waals surface area contributed by atoms with Crippen molar-refractivity contribution in [3.8, 4) is 0 Å². The summed E-state index contributed by atoms with van der Waals surface area (Å²) in [7, 11) is -3.21. The molecule has 0 radical (unpaired) electrons. The fourth-order valence-corrected chi connectivity index (χ4v) is 5.60. The van der Waals surface area contributed by atoms with Crippen molar-refractivity contribution in [2.75, 3.05) is 24.2 Å². The van der Waals surface area contributed by atoms with Crippen LogP contribution in [0.15, 0.2) is 0 Å². The molecule has 0 aliphatic carbocycles. The molecule has 3 rings (SSSR count). The molecular weight excluding hydrogens is 350 g/mol. The Balaban J connectivity index is 1.65. The third-order valence-electron chi connectivity index (χ3n) is 4.30. The third-order valence-corrected chi connectivity index (χ3v) is 7.20. The third kappa shape index (κ3) is 3.96. The fraction of sp³-hybridized carbons (Fsp3) is 0.733. The molecular formula is C15H23N3O4S2. The summed E-state index contributed by atoms with van der Waals surface area (Å²) in [5.74, 6) is 0.0336. The van der Waals surface area contributed by atoms with Crippen molar-refractivity contribution in [3.05, 3.63) is 10.6 Å². The van der Waals surface area contributed by atoms with Crippen LogP contribution in [0.4, 0.5) is 5.13 Å². The highest BCUT2D eigenvalue weighted by molar-refractivity contribution is 7.89. The number of unbranched alkanes of at least 4 members (excludes halogenated alkanes) is 1. The van der Waals surface area contributed by atoms with E-state index in [2.05, 4.69) is 10.3 Å². The Kier molecular flexibility index (Phi) is 5.53. The summed E-state index contributed by atoms with van der Waals surface area (Å²) in [6.07, 6.45) is 3.37. The predicted molar refractivity (Wildman–Crippen MR) is 92.5 cm³/mol. The van der Waals surface area contributed by atoms with Crippen molar-refractivity contribution in [2.24, 2.45) is 0 Å². The number of rotatable bonds is 6. The lowest BCUT2D eigenvalue weighted by molar-refractivity contribution is -0.124. The summed E-state index contributed by atoms with van der Waals surface area (Å²) in [6.45, 7) is 3.42. The van der Waals surface area contributed by atoms with Gasteiger partial charge in [0.15, 0.2) is 5.13 Å². The second kappa shape index (κ2) is 7.47. The SMILES string of the molecule is CCCCS(=O)(=O)N1CCc2nc(NC(=O)C3CCCO3)sc2C1. The maximum atomic E-state index is 12.3. The molecule has 0 bridgehead atoms. The first kappa shape index (κ1) is 17.8. The number of nitrogens with zero attached hydrogens (tertiary/aromatic N) is 2. The summed E-state index contributed by atoms with van der Waals surface area (Å²) >= 11 is 1.36. The van der Waals surface area contributed by atoms with E-state index in [9.17, 15) is 13.2 Å². The Bertz CT molecular complexity index is 696. The van der Waals surface area contributed by atoms with Crippen LogP contribution in [0.5, 0.6) is 0 Å². The number of carbonyl (C=O) groups excluding carboxylic acids is 1. The highest BCUT2D eigenvalue weighted by atomic mass is 32.2. The number of hydrogen-bond acceptors (Lipinski definition) is 6. The zero-order chi connectivity index (χ0) is 17.2. The van der Waals surface area contributed by atoms with Crippen molar-refractivity contribution in [1.29, 1.82) is 0 Å². The van der Waals surface area contributed by atoms with E-state index >= 15 is 0 Å². The van der Waals surface area contributed by atoms with Gasteiger partial charge in [-0.1, -0.05) is 13.3 Å². The minimum atomic E-state index is -3.21. The van der Waals surface area contributed by atoms with Gasteiger partial charge in [-0.15, -0.1) is 11.3 Å². The molecule has 1 unspecified atom stereocenters. The number of sulfonamides is 1. The standard InChI is InChI=1S/C15H23N3O4S2/c1-2-3-9-24(20,21)18-7-6-11-13(10-18)23-15(16-11)17-14(19)12-5-4-8-22-12/h12H,2-10H2,1H3,(H,16,17,19). The van der Waals surface area contributed by atoms with Gasteiger partial charge >= 0.3 is 0 Å². The quantitative estimate of drug-likeness (QED) is 0.821. The number of carbonyl (C=O) groups is 1. The topological polar surface area (TPSA) is 88.6 Å². The van der Waals surface area contributed by atoms with Crippen LogP contribution in [0.1, 0.15) is 43.2 Å². The van der Waals surface area contributed by atoms with Gasteiger partial charge in [0.1, 0.15) is 6.10 Å². The average molecular weight is 374 g/mol. The number of nitrogens with one attached hydrogen (secondary N) is 1. The Labute approximate surface area is 146 Å². The molecule has 1 atom stereocenters. The van der Waals surface area contributed by atoms with Crippen molar-refractivity contribution in [2.45, 2.75) is 51.7 Å². The van der Waals surface area contributed by atoms with Gasteiger partial charge < -0.3 is 4.74 Å². The Hall–Kier alpha value is -1.03. The smallest absolute Gasteiger partial charge is 0.255 e. The van der Waals surface area contributed by atoms with E-state index in [1.807, 2.05) is 6.92 Å². The molecule has 0 spiro atoms. The lowest BCUT2D eigenvalue weighted by Crippen LogP contribution is -2.37. The second-order valence-corrected chi connectivity index (χ2v) is 9.31. The number of ether oxygens (including phenoxy) is 1. The highest BCUT2D eigenvalue weighted by Gasteiger charge is 2.30. The number of aromatic nitrogens is 1. The van der Waals surface area contributed by atoms with Crippen molar-refractivity contribution < 1.29 is 17.9 Å². The first-order chi connectivity index (χ1) is 11.5. The van der Waals surface area contributed by atoms with Gasteiger partial charge in [0.05, 0.1) is 11.4 Å². The first-order valence-corrected chi connectivity index (χ1v) is 10.8. The summed E-state index contributed by atoms with van der Waals surface area (Å²) in [5.41, 5.74) is 0.893.